The Morgan fingerprint density at radius 1 is 1.27 bits per heavy atom. The molecule has 0 aliphatic carbocycles. The second-order valence-electron chi connectivity index (χ2n) is 4.73. The first-order valence-corrected chi connectivity index (χ1v) is 5.46. The molecule has 0 bridgehead atoms. The van der Waals surface area contributed by atoms with E-state index in [1.165, 1.54) is 26.1 Å². The van der Waals surface area contributed by atoms with Gasteiger partial charge in [-0.2, -0.15) is 0 Å². The number of nitrogens with zero attached hydrogens (tertiary/aromatic N) is 1. The van der Waals surface area contributed by atoms with Gasteiger partial charge < -0.3 is 15.0 Å². The van der Waals surface area contributed by atoms with Crippen molar-refractivity contribution >= 4 is 6.47 Å². The van der Waals surface area contributed by atoms with Gasteiger partial charge in [0.25, 0.3) is 6.47 Å². The number of carbonyl (C=O) groups excluding carboxylic acids is 1. The summed E-state index contributed by atoms with van der Waals surface area (Å²) in [5, 5.41) is 3.34. The number of carbonyl (C=O) groups is 1. The Balaban J connectivity index is 0.000000265. The normalized spacial score (nSPS) is 18.4. The molecule has 1 aliphatic heterocycles. The van der Waals surface area contributed by atoms with Crippen LogP contribution >= 0.6 is 0 Å². The highest BCUT2D eigenvalue weighted by molar-refractivity contribution is 5.37. The molecule has 15 heavy (non-hydrogen) atoms. The van der Waals surface area contributed by atoms with Crippen molar-refractivity contribution < 1.29 is 9.53 Å². The summed E-state index contributed by atoms with van der Waals surface area (Å²) in [6.07, 6.45) is 1.30. The van der Waals surface area contributed by atoms with Crippen LogP contribution in [0.4, 0.5) is 0 Å². The van der Waals surface area contributed by atoms with E-state index < -0.39 is 0 Å². The maximum Gasteiger partial charge on any atom is 0.293 e. The van der Waals surface area contributed by atoms with E-state index in [0.717, 1.165) is 6.54 Å². The van der Waals surface area contributed by atoms with Crippen molar-refractivity contribution in [3.63, 3.8) is 0 Å². The van der Waals surface area contributed by atoms with Gasteiger partial charge in [-0.1, -0.05) is 0 Å². The molecule has 1 N–H and O–H groups in total. The average Bonchev–Trinajstić information content (AvgIpc) is 2.31. The maximum atomic E-state index is 9.60. The van der Waals surface area contributed by atoms with Gasteiger partial charge in [-0.25, -0.2) is 0 Å². The number of nitrogens with one attached hydrogen (secondary N) is 1. The summed E-state index contributed by atoms with van der Waals surface area (Å²) in [6, 6.07) is 0. The number of hydrogen-bond acceptors (Lipinski definition) is 4. The smallest absolute Gasteiger partial charge is 0.293 e. The molecule has 0 aromatic rings. The Morgan fingerprint density at radius 3 is 2.40 bits per heavy atom. The van der Waals surface area contributed by atoms with Crippen molar-refractivity contribution in [2.24, 2.45) is 0 Å². The fourth-order valence-electron chi connectivity index (χ4n) is 1.13. The average molecular weight is 216 g/mol. The molecule has 1 heterocycles. The van der Waals surface area contributed by atoms with Gasteiger partial charge >= 0.3 is 0 Å². The van der Waals surface area contributed by atoms with Crippen LogP contribution in [-0.2, 0) is 9.53 Å². The molecule has 4 heteroatoms. The molecule has 1 rings (SSSR count). The van der Waals surface area contributed by atoms with Gasteiger partial charge in [-0.3, -0.25) is 4.79 Å². The maximum absolute atomic E-state index is 9.60. The zero-order valence-corrected chi connectivity index (χ0v) is 10.4. The Bertz CT molecular complexity index is 158. The number of hydrogen-bond donors (Lipinski definition) is 1. The molecular formula is C11H24N2O2. The van der Waals surface area contributed by atoms with Crippen molar-refractivity contribution in [1.82, 2.24) is 10.2 Å². The minimum absolute atomic E-state index is 0.318. The highest BCUT2D eigenvalue weighted by atomic mass is 16.5. The second kappa shape index (κ2) is 7.65. The zero-order valence-electron chi connectivity index (χ0n) is 10.4. The van der Waals surface area contributed by atoms with Gasteiger partial charge in [0.2, 0.25) is 0 Å². The van der Waals surface area contributed by atoms with E-state index in [9.17, 15) is 4.79 Å². The molecule has 1 aliphatic rings. The SMILES string of the molecule is CC(C)(C)OC=O.CN1CCCNCC1. The first-order valence-electron chi connectivity index (χ1n) is 5.46. The minimum atomic E-state index is -0.318. The van der Waals surface area contributed by atoms with Crippen molar-refractivity contribution in [1.29, 1.82) is 0 Å². The molecule has 0 atom stereocenters. The largest absolute Gasteiger partial charge is 0.462 e. The molecule has 1 saturated heterocycles. The topological polar surface area (TPSA) is 41.6 Å². The molecule has 0 aromatic heterocycles. The van der Waals surface area contributed by atoms with E-state index >= 15 is 0 Å². The first-order chi connectivity index (χ1) is 6.95. The van der Waals surface area contributed by atoms with Gasteiger partial charge in [0.05, 0.1) is 0 Å². The first kappa shape index (κ1) is 14.4. The molecule has 0 unspecified atom stereocenters. The second-order valence-corrected chi connectivity index (χ2v) is 4.73. The van der Waals surface area contributed by atoms with Crippen LogP contribution in [0.1, 0.15) is 27.2 Å². The quantitative estimate of drug-likeness (QED) is 0.660. The highest BCUT2D eigenvalue weighted by Gasteiger charge is 2.07. The van der Waals surface area contributed by atoms with Crippen molar-refractivity contribution in [3.8, 4) is 0 Å². The molecule has 1 fully saturated rings. The van der Waals surface area contributed by atoms with E-state index in [4.69, 9.17) is 0 Å². The lowest BCUT2D eigenvalue weighted by Gasteiger charge is -2.14. The fraction of sp³-hybridized carbons (Fsp3) is 0.909. The van der Waals surface area contributed by atoms with E-state index in [2.05, 4.69) is 22.0 Å². The summed E-state index contributed by atoms with van der Waals surface area (Å²) >= 11 is 0. The lowest BCUT2D eigenvalue weighted by atomic mass is 10.2. The van der Waals surface area contributed by atoms with Crippen LogP contribution in [0.15, 0.2) is 0 Å². The van der Waals surface area contributed by atoms with Crippen LogP contribution in [-0.4, -0.2) is 50.2 Å². The third-order valence-corrected chi connectivity index (χ3v) is 1.97. The highest BCUT2D eigenvalue weighted by Crippen LogP contribution is 2.02. The van der Waals surface area contributed by atoms with Crippen molar-refractivity contribution in [2.45, 2.75) is 32.8 Å². The lowest BCUT2D eigenvalue weighted by molar-refractivity contribution is -0.138. The predicted molar refractivity (Wildman–Crippen MR) is 61.9 cm³/mol. The summed E-state index contributed by atoms with van der Waals surface area (Å²) in [6.45, 7) is 10.7. The molecule has 0 aromatic carbocycles. The summed E-state index contributed by atoms with van der Waals surface area (Å²) in [5.74, 6) is 0. The van der Waals surface area contributed by atoms with Crippen LogP contribution < -0.4 is 5.32 Å². The Kier molecular flexibility index (Phi) is 7.34. The third kappa shape index (κ3) is 11.3. The van der Waals surface area contributed by atoms with Gasteiger partial charge in [-0.05, 0) is 47.3 Å². The molecule has 0 spiro atoms. The molecule has 0 amide bonds. The van der Waals surface area contributed by atoms with Crippen LogP contribution in [0.25, 0.3) is 0 Å². The van der Waals surface area contributed by atoms with E-state index in [1.807, 2.05) is 20.8 Å². The van der Waals surface area contributed by atoms with Crippen LogP contribution in [0.3, 0.4) is 0 Å². The Labute approximate surface area is 93.0 Å². The summed E-state index contributed by atoms with van der Waals surface area (Å²) in [5.41, 5.74) is -0.318. The zero-order chi connectivity index (χ0) is 11.7. The van der Waals surface area contributed by atoms with Crippen LogP contribution in [0.5, 0.6) is 0 Å². The summed E-state index contributed by atoms with van der Waals surface area (Å²) < 4.78 is 4.55. The van der Waals surface area contributed by atoms with Crippen molar-refractivity contribution in [2.75, 3.05) is 33.2 Å². The van der Waals surface area contributed by atoms with Gasteiger partial charge in [0, 0.05) is 13.1 Å². The summed E-state index contributed by atoms with van der Waals surface area (Å²) in [7, 11) is 2.17. The predicted octanol–water partition coefficient (Wildman–Crippen LogP) is 0.869. The number of likely N-dealkylation sites (N-methyl/N-ethyl adjacent to an activating group) is 1. The molecule has 0 saturated carbocycles. The molecule has 4 nitrogen and oxygen atoms in total. The van der Waals surface area contributed by atoms with E-state index in [1.54, 1.807) is 0 Å². The van der Waals surface area contributed by atoms with Gasteiger partial charge in [0.1, 0.15) is 5.60 Å². The molecule has 90 valence electrons. The number of ether oxygens (including phenoxy) is 1. The van der Waals surface area contributed by atoms with Gasteiger partial charge in [-0.15, -0.1) is 0 Å². The standard InChI is InChI=1S/C6H14N2.C5H10O2/c1-8-5-2-3-7-4-6-8;1-5(2,3)7-4-6/h7H,2-6H2,1H3;4H,1-3H3. The fourth-order valence-corrected chi connectivity index (χ4v) is 1.13. The molecule has 0 radical (unpaired) electrons. The van der Waals surface area contributed by atoms with E-state index in [-0.39, 0.29) is 5.60 Å². The number of rotatable bonds is 1. The van der Waals surface area contributed by atoms with Crippen LogP contribution in [0, 0.1) is 0 Å². The van der Waals surface area contributed by atoms with Crippen LogP contribution in [0.2, 0.25) is 0 Å². The third-order valence-electron chi connectivity index (χ3n) is 1.97. The van der Waals surface area contributed by atoms with Gasteiger partial charge in [0.15, 0.2) is 0 Å². The Morgan fingerprint density at radius 2 is 1.93 bits per heavy atom. The lowest BCUT2D eigenvalue weighted by Crippen LogP contribution is -2.23. The Hall–Kier alpha value is -0.610. The summed E-state index contributed by atoms with van der Waals surface area (Å²) in [4.78, 5) is 12.0. The minimum Gasteiger partial charge on any atom is -0.462 e. The monoisotopic (exact) mass is 216 g/mol. The van der Waals surface area contributed by atoms with Crippen molar-refractivity contribution in [3.05, 3.63) is 0 Å². The van der Waals surface area contributed by atoms with E-state index in [0.29, 0.717) is 6.47 Å². The molecular weight excluding hydrogens is 192 g/mol.